The van der Waals surface area contributed by atoms with E-state index in [1.54, 1.807) is 0 Å². The molecule has 0 rings (SSSR count). The normalized spacial score (nSPS) is 9.75. The summed E-state index contributed by atoms with van der Waals surface area (Å²) in [5.74, 6) is -1.32. The van der Waals surface area contributed by atoms with Crippen molar-refractivity contribution >= 4 is 24.1 Å². The zero-order valence-corrected chi connectivity index (χ0v) is 25.8. The Morgan fingerprint density at radius 1 is 0.450 bits per heavy atom. The third-order valence-corrected chi connectivity index (χ3v) is 6.41. The first-order valence-electron chi connectivity index (χ1n) is 16.0. The molecule has 234 valence electrons. The summed E-state index contributed by atoms with van der Waals surface area (Å²) in [6, 6.07) is 0. The minimum Gasteiger partial charge on any atom is -0.481 e. The fourth-order valence-electron chi connectivity index (χ4n) is 4.00. The van der Waals surface area contributed by atoms with E-state index >= 15 is 0 Å². The SMILES string of the molecule is CCCCCCCCCCCC(=O)O.CCCCCCCCCCCC(=O)O.O=C=NCCCCCCN=C=O. The van der Waals surface area contributed by atoms with Crippen molar-refractivity contribution in [2.24, 2.45) is 9.98 Å². The van der Waals surface area contributed by atoms with Crippen LogP contribution in [0.2, 0.25) is 0 Å². The molecule has 0 saturated heterocycles. The van der Waals surface area contributed by atoms with Crippen LogP contribution in [0.1, 0.15) is 168 Å². The Morgan fingerprint density at radius 2 is 0.700 bits per heavy atom. The van der Waals surface area contributed by atoms with Gasteiger partial charge in [-0.3, -0.25) is 9.59 Å². The molecule has 0 aromatic rings. The Bertz CT molecular complexity index is 575. The maximum absolute atomic E-state index is 10.2. The third kappa shape index (κ3) is 52.2. The number of rotatable bonds is 27. The molecule has 0 aliphatic heterocycles. The lowest BCUT2D eigenvalue weighted by atomic mass is 10.1. The van der Waals surface area contributed by atoms with Gasteiger partial charge in [0.25, 0.3) is 0 Å². The minimum atomic E-state index is -0.659. The molecule has 2 N–H and O–H groups in total. The van der Waals surface area contributed by atoms with E-state index in [1.165, 1.54) is 102 Å². The van der Waals surface area contributed by atoms with Gasteiger partial charge in [0, 0.05) is 12.8 Å². The van der Waals surface area contributed by atoms with Crippen molar-refractivity contribution in [2.75, 3.05) is 13.1 Å². The highest BCUT2D eigenvalue weighted by molar-refractivity contribution is 5.66. The highest BCUT2D eigenvalue weighted by Crippen LogP contribution is 2.11. The Kier molecular flexibility index (Phi) is 43.4. The van der Waals surface area contributed by atoms with Crippen molar-refractivity contribution < 1.29 is 29.4 Å². The van der Waals surface area contributed by atoms with Gasteiger partial charge in [0.05, 0.1) is 13.1 Å². The van der Waals surface area contributed by atoms with Gasteiger partial charge in [-0.15, -0.1) is 0 Å². The number of aliphatic carboxylic acids is 2. The van der Waals surface area contributed by atoms with E-state index in [0.717, 1.165) is 51.4 Å². The number of carbonyl (C=O) groups is 2. The number of unbranched alkanes of at least 4 members (excludes halogenated alkanes) is 19. The van der Waals surface area contributed by atoms with Crippen LogP contribution < -0.4 is 0 Å². The number of aliphatic imine (C=N–C) groups is 2. The van der Waals surface area contributed by atoms with Crippen molar-refractivity contribution in [3.8, 4) is 0 Å². The standard InChI is InChI=1S/2C12H24O2.C8H12N2O2/c2*1-2-3-4-5-6-7-8-9-10-11-12(13)14;11-7-9-5-3-1-2-4-6-10-8-12/h2*2-11H2,1H3,(H,13,14);1-6H2. The number of carbonyl (C=O) groups excluding carboxylic acids is 2. The molecule has 0 aliphatic carbocycles. The highest BCUT2D eigenvalue weighted by atomic mass is 16.4. The fraction of sp³-hybridized carbons (Fsp3) is 0.875. The van der Waals surface area contributed by atoms with Gasteiger partial charge >= 0.3 is 11.9 Å². The topological polar surface area (TPSA) is 133 Å². The zero-order chi connectivity index (χ0) is 30.4. The molecule has 0 amide bonds. The van der Waals surface area contributed by atoms with Crippen LogP contribution in [-0.4, -0.2) is 47.4 Å². The number of carboxylic acid groups (broad SMARTS) is 2. The van der Waals surface area contributed by atoms with Crippen LogP contribution >= 0.6 is 0 Å². The van der Waals surface area contributed by atoms with Gasteiger partial charge < -0.3 is 10.2 Å². The average molecular weight is 569 g/mol. The van der Waals surface area contributed by atoms with Gasteiger partial charge in [-0.2, -0.15) is 0 Å². The molecule has 0 fully saturated rings. The third-order valence-electron chi connectivity index (χ3n) is 6.41. The monoisotopic (exact) mass is 568 g/mol. The minimum absolute atomic E-state index is 0.343. The first-order chi connectivity index (χ1) is 19.5. The molecule has 0 aliphatic rings. The number of nitrogens with zero attached hydrogens (tertiary/aromatic N) is 2. The highest BCUT2D eigenvalue weighted by Gasteiger charge is 1.97. The summed E-state index contributed by atoms with van der Waals surface area (Å²) in [4.78, 5) is 46.5. The smallest absolute Gasteiger partial charge is 0.303 e. The second-order valence-electron chi connectivity index (χ2n) is 10.3. The Labute approximate surface area is 244 Å². The van der Waals surface area contributed by atoms with Crippen molar-refractivity contribution in [1.29, 1.82) is 0 Å². The number of hydrogen-bond donors (Lipinski definition) is 2. The molecule has 0 aromatic carbocycles. The molecule has 0 bridgehead atoms. The van der Waals surface area contributed by atoms with Gasteiger partial charge in [0.15, 0.2) is 0 Å². The molecule has 0 spiro atoms. The largest absolute Gasteiger partial charge is 0.481 e. The van der Waals surface area contributed by atoms with E-state index in [2.05, 4.69) is 23.8 Å². The number of carboxylic acids is 2. The first kappa shape index (κ1) is 42.2. The average Bonchev–Trinajstić information content (AvgIpc) is 2.93. The van der Waals surface area contributed by atoms with E-state index in [0.29, 0.717) is 25.9 Å². The summed E-state index contributed by atoms with van der Waals surface area (Å²) >= 11 is 0. The van der Waals surface area contributed by atoms with Crippen LogP contribution in [-0.2, 0) is 19.2 Å². The molecule has 8 heteroatoms. The van der Waals surface area contributed by atoms with E-state index in [4.69, 9.17) is 10.2 Å². The van der Waals surface area contributed by atoms with E-state index in [9.17, 15) is 19.2 Å². The van der Waals surface area contributed by atoms with Crippen LogP contribution in [0.4, 0.5) is 0 Å². The molecular weight excluding hydrogens is 508 g/mol. The van der Waals surface area contributed by atoms with E-state index in [1.807, 2.05) is 0 Å². The second kappa shape index (κ2) is 41.2. The predicted molar refractivity (Wildman–Crippen MR) is 163 cm³/mol. The quantitative estimate of drug-likeness (QED) is 0.0576. The Morgan fingerprint density at radius 3 is 0.950 bits per heavy atom. The van der Waals surface area contributed by atoms with Crippen molar-refractivity contribution in [3.05, 3.63) is 0 Å². The van der Waals surface area contributed by atoms with E-state index in [-0.39, 0.29) is 0 Å². The fourth-order valence-corrected chi connectivity index (χ4v) is 4.00. The molecule has 0 unspecified atom stereocenters. The number of hydrogen-bond acceptors (Lipinski definition) is 6. The molecule has 8 nitrogen and oxygen atoms in total. The van der Waals surface area contributed by atoms with Crippen molar-refractivity contribution in [2.45, 2.75) is 168 Å². The second-order valence-corrected chi connectivity index (χ2v) is 10.3. The van der Waals surface area contributed by atoms with Gasteiger partial charge in [-0.25, -0.2) is 19.6 Å². The van der Waals surface area contributed by atoms with Gasteiger partial charge in [0.1, 0.15) is 0 Å². The summed E-state index contributed by atoms with van der Waals surface area (Å²) < 4.78 is 0. The molecular formula is C32H60N2O6. The molecule has 0 aromatic heterocycles. The van der Waals surface area contributed by atoms with Crippen LogP contribution in [0.15, 0.2) is 9.98 Å². The molecule has 0 radical (unpaired) electrons. The first-order valence-corrected chi connectivity index (χ1v) is 16.0. The molecule has 0 saturated carbocycles. The van der Waals surface area contributed by atoms with Gasteiger partial charge in [-0.1, -0.05) is 129 Å². The summed E-state index contributed by atoms with van der Waals surface area (Å²) in [6.07, 6.45) is 29.8. The van der Waals surface area contributed by atoms with Crippen LogP contribution in [0.3, 0.4) is 0 Å². The Hall–Kier alpha value is -2.30. The number of isocyanates is 2. The maximum Gasteiger partial charge on any atom is 0.303 e. The Balaban J connectivity index is -0.000000515. The van der Waals surface area contributed by atoms with Crippen LogP contribution in [0, 0.1) is 0 Å². The lowest BCUT2D eigenvalue weighted by Crippen LogP contribution is -1.93. The maximum atomic E-state index is 10.2. The lowest BCUT2D eigenvalue weighted by Gasteiger charge is -2.00. The lowest BCUT2D eigenvalue weighted by molar-refractivity contribution is -0.138. The summed E-state index contributed by atoms with van der Waals surface area (Å²) in [5.41, 5.74) is 0. The molecule has 0 heterocycles. The zero-order valence-electron chi connectivity index (χ0n) is 25.8. The van der Waals surface area contributed by atoms with Crippen molar-refractivity contribution in [3.63, 3.8) is 0 Å². The van der Waals surface area contributed by atoms with Gasteiger partial charge in [0.2, 0.25) is 12.2 Å². The van der Waals surface area contributed by atoms with E-state index < -0.39 is 11.9 Å². The summed E-state index contributed by atoms with van der Waals surface area (Å²) in [5, 5.41) is 16.8. The van der Waals surface area contributed by atoms with Crippen LogP contribution in [0.25, 0.3) is 0 Å². The summed E-state index contributed by atoms with van der Waals surface area (Å²) in [6.45, 7) is 5.57. The molecule has 0 atom stereocenters. The van der Waals surface area contributed by atoms with Crippen molar-refractivity contribution in [1.82, 2.24) is 0 Å². The molecule has 40 heavy (non-hydrogen) atoms. The summed E-state index contributed by atoms with van der Waals surface area (Å²) in [7, 11) is 0. The predicted octanol–water partition coefficient (Wildman–Crippen LogP) is 9.20. The van der Waals surface area contributed by atoms with Crippen LogP contribution in [0.5, 0.6) is 0 Å². The van der Waals surface area contributed by atoms with Gasteiger partial charge in [-0.05, 0) is 25.7 Å².